The number of hydrogen-bond donors (Lipinski definition) is 0. The molecule has 0 atom stereocenters. The second-order valence-electron chi connectivity index (χ2n) is 4.15. The van der Waals surface area contributed by atoms with Crippen LogP contribution in [0.4, 0.5) is 4.39 Å². The molecular formula is C14H12BrFO2S. The lowest BCUT2D eigenvalue weighted by molar-refractivity contribution is 0.103. The number of ether oxygens (including phenoxy) is 1. The largest absolute Gasteiger partial charge is 0.496 e. The van der Waals surface area contributed by atoms with Crippen molar-refractivity contribution in [2.24, 2.45) is 0 Å². The Labute approximate surface area is 123 Å². The van der Waals surface area contributed by atoms with Crippen molar-refractivity contribution in [2.45, 2.75) is 13.8 Å². The molecule has 0 saturated carbocycles. The number of benzene rings is 1. The van der Waals surface area contributed by atoms with Gasteiger partial charge in [0.25, 0.3) is 0 Å². The van der Waals surface area contributed by atoms with Gasteiger partial charge in [0.15, 0.2) is 0 Å². The molecule has 0 unspecified atom stereocenters. The zero-order valence-corrected chi connectivity index (χ0v) is 13.1. The summed E-state index contributed by atoms with van der Waals surface area (Å²) in [7, 11) is 1.42. The maximum absolute atomic E-state index is 13.4. The Morgan fingerprint density at radius 1 is 1.32 bits per heavy atom. The fourth-order valence-corrected chi connectivity index (χ4v) is 3.02. The van der Waals surface area contributed by atoms with Crippen molar-refractivity contribution in [1.29, 1.82) is 0 Å². The number of halogens is 2. The molecule has 100 valence electrons. The SMILES string of the molecule is COc1cc(F)c(Br)cc1C(=O)c1cc(C)c(C)s1. The summed E-state index contributed by atoms with van der Waals surface area (Å²) >= 11 is 4.52. The van der Waals surface area contributed by atoms with Crippen LogP contribution in [-0.2, 0) is 0 Å². The first kappa shape index (κ1) is 14.2. The van der Waals surface area contributed by atoms with Crippen molar-refractivity contribution < 1.29 is 13.9 Å². The highest BCUT2D eigenvalue weighted by Crippen LogP contribution is 2.31. The van der Waals surface area contributed by atoms with E-state index >= 15 is 0 Å². The third-order valence-electron chi connectivity index (χ3n) is 2.88. The van der Waals surface area contributed by atoms with Crippen molar-refractivity contribution in [1.82, 2.24) is 0 Å². The van der Waals surface area contributed by atoms with E-state index in [-0.39, 0.29) is 16.0 Å². The molecular weight excluding hydrogens is 331 g/mol. The lowest BCUT2D eigenvalue weighted by Gasteiger charge is -2.08. The molecule has 19 heavy (non-hydrogen) atoms. The summed E-state index contributed by atoms with van der Waals surface area (Å²) in [5.74, 6) is -0.361. The number of hydrogen-bond acceptors (Lipinski definition) is 3. The standard InChI is InChI=1S/C14H12BrFO2S/c1-7-4-13(19-8(7)2)14(17)9-5-10(15)11(16)6-12(9)18-3/h4-6H,1-3H3. The maximum atomic E-state index is 13.4. The van der Waals surface area contributed by atoms with Gasteiger partial charge in [-0.25, -0.2) is 4.39 Å². The van der Waals surface area contributed by atoms with Crippen molar-refractivity contribution in [2.75, 3.05) is 7.11 Å². The van der Waals surface area contributed by atoms with Gasteiger partial charge in [-0.15, -0.1) is 11.3 Å². The van der Waals surface area contributed by atoms with Gasteiger partial charge in [0.2, 0.25) is 5.78 Å². The van der Waals surface area contributed by atoms with Gasteiger partial charge in [-0.05, 0) is 47.5 Å². The van der Waals surface area contributed by atoms with Crippen LogP contribution in [0.25, 0.3) is 0 Å². The lowest BCUT2D eigenvalue weighted by atomic mass is 10.1. The van der Waals surface area contributed by atoms with E-state index in [4.69, 9.17) is 4.74 Å². The molecule has 0 aliphatic heterocycles. The van der Waals surface area contributed by atoms with Crippen LogP contribution in [0.5, 0.6) is 5.75 Å². The Morgan fingerprint density at radius 3 is 2.53 bits per heavy atom. The molecule has 0 aliphatic rings. The number of carbonyl (C=O) groups is 1. The highest BCUT2D eigenvalue weighted by Gasteiger charge is 2.19. The van der Waals surface area contributed by atoms with Crippen LogP contribution in [0, 0.1) is 19.7 Å². The van der Waals surface area contributed by atoms with E-state index in [1.54, 1.807) is 0 Å². The molecule has 0 spiro atoms. The molecule has 0 N–H and O–H groups in total. The van der Waals surface area contributed by atoms with Gasteiger partial charge in [-0.3, -0.25) is 4.79 Å². The van der Waals surface area contributed by atoms with Crippen molar-refractivity contribution in [3.63, 3.8) is 0 Å². The second-order valence-corrected chi connectivity index (χ2v) is 6.26. The number of carbonyl (C=O) groups excluding carboxylic acids is 1. The highest BCUT2D eigenvalue weighted by molar-refractivity contribution is 9.10. The second kappa shape index (κ2) is 5.43. The van der Waals surface area contributed by atoms with E-state index in [1.807, 2.05) is 19.9 Å². The van der Waals surface area contributed by atoms with E-state index in [2.05, 4.69) is 15.9 Å². The van der Waals surface area contributed by atoms with E-state index < -0.39 is 5.82 Å². The Balaban J connectivity index is 2.52. The minimum absolute atomic E-state index is 0.154. The number of rotatable bonds is 3. The van der Waals surface area contributed by atoms with Gasteiger partial charge < -0.3 is 4.74 Å². The monoisotopic (exact) mass is 342 g/mol. The fraction of sp³-hybridized carbons (Fsp3) is 0.214. The number of thiophene rings is 1. The molecule has 2 aromatic rings. The maximum Gasteiger partial charge on any atom is 0.206 e. The quantitative estimate of drug-likeness (QED) is 0.767. The highest BCUT2D eigenvalue weighted by atomic mass is 79.9. The molecule has 0 amide bonds. The number of methoxy groups -OCH3 is 1. The average molecular weight is 343 g/mol. The van der Waals surface area contributed by atoms with E-state index in [0.717, 1.165) is 10.4 Å². The van der Waals surface area contributed by atoms with Gasteiger partial charge in [0.1, 0.15) is 11.6 Å². The van der Waals surface area contributed by atoms with Gasteiger partial charge in [-0.1, -0.05) is 0 Å². The first-order valence-corrected chi connectivity index (χ1v) is 7.19. The van der Waals surface area contributed by atoms with Crippen LogP contribution in [-0.4, -0.2) is 12.9 Å². The Kier molecular flexibility index (Phi) is 4.06. The molecule has 0 fully saturated rings. The van der Waals surface area contributed by atoms with Gasteiger partial charge in [0, 0.05) is 10.9 Å². The summed E-state index contributed by atoms with van der Waals surface area (Å²) < 4.78 is 18.8. The summed E-state index contributed by atoms with van der Waals surface area (Å²) in [6, 6.07) is 4.52. The van der Waals surface area contributed by atoms with E-state index in [0.29, 0.717) is 10.4 Å². The topological polar surface area (TPSA) is 26.3 Å². The van der Waals surface area contributed by atoms with Gasteiger partial charge in [0.05, 0.1) is 22.0 Å². The fourth-order valence-electron chi connectivity index (χ4n) is 1.69. The van der Waals surface area contributed by atoms with Crippen LogP contribution in [0.1, 0.15) is 25.7 Å². The number of aryl methyl sites for hydroxylation is 2. The van der Waals surface area contributed by atoms with Crippen molar-refractivity contribution in [3.8, 4) is 5.75 Å². The lowest BCUT2D eigenvalue weighted by Crippen LogP contribution is -2.03. The predicted octanol–water partition coefficient (Wildman–Crippen LogP) is 4.51. The third-order valence-corrected chi connectivity index (χ3v) is 4.64. The zero-order chi connectivity index (χ0) is 14.2. The average Bonchev–Trinajstić information content (AvgIpc) is 2.71. The molecule has 0 radical (unpaired) electrons. The first-order chi connectivity index (χ1) is 8.93. The Morgan fingerprint density at radius 2 is 2.00 bits per heavy atom. The minimum Gasteiger partial charge on any atom is -0.496 e. The Hall–Kier alpha value is -1.20. The smallest absolute Gasteiger partial charge is 0.206 e. The molecule has 2 rings (SSSR count). The van der Waals surface area contributed by atoms with E-state index in [9.17, 15) is 9.18 Å². The predicted molar refractivity (Wildman–Crippen MR) is 77.9 cm³/mol. The van der Waals surface area contributed by atoms with Crippen LogP contribution >= 0.6 is 27.3 Å². The Bertz CT molecular complexity index is 630. The zero-order valence-electron chi connectivity index (χ0n) is 10.7. The molecule has 1 aromatic heterocycles. The van der Waals surface area contributed by atoms with Crippen molar-refractivity contribution >= 4 is 33.0 Å². The summed E-state index contributed by atoms with van der Waals surface area (Å²) in [6.07, 6.45) is 0. The van der Waals surface area contributed by atoms with Crippen LogP contribution in [0.3, 0.4) is 0 Å². The van der Waals surface area contributed by atoms with Crippen LogP contribution < -0.4 is 4.74 Å². The van der Waals surface area contributed by atoms with Gasteiger partial charge >= 0.3 is 0 Å². The van der Waals surface area contributed by atoms with Crippen LogP contribution in [0.15, 0.2) is 22.7 Å². The molecule has 1 heterocycles. The third kappa shape index (κ3) is 2.72. The van der Waals surface area contributed by atoms with E-state index in [1.165, 1.54) is 30.6 Å². The van der Waals surface area contributed by atoms with Crippen molar-refractivity contribution in [3.05, 3.63) is 49.4 Å². The number of ketones is 1. The summed E-state index contributed by atoms with van der Waals surface area (Å²) in [5.41, 5.74) is 1.44. The van der Waals surface area contributed by atoms with Crippen LogP contribution in [0.2, 0.25) is 0 Å². The first-order valence-electron chi connectivity index (χ1n) is 5.58. The van der Waals surface area contributed by atoms with Gasteiger partial charge in [-0.2, -0.15) is 0 Å². The summed E-state index contributed by atoms with van der Waals surface area (Å²) in [4.78, 5) is 14.2. The minimum atomic E-state index is -0.452. The molecule has 0 aliphatic carbocycles. The molecule has 0 bridgehead atoms. The summed E-state index contributed by atoms with van der Waals surface area (Å²) in [6.45, 7) is 3.93. The molecule has 1 aromatic carbocycles. The summed E-state index contributed by atoms with van der Waals surface area (Å²) in [5, 5.41) is 0. The normalized spacial score (nSPS) is 10.6. The molecule has 2 nitrogen and oxygen atoms in total. The molecule has 5 heteroatoms. The molecule has 0 saturated heterocycles.